The van der Waals surface area contributed by atoms with Crippen molar-refractivity contribution < 1.29 is 0 Å². The van der Waals surface area contributed by atoms with Crippen LogP contribution < -0.4 is 5.56 Å². The zero-order chi connectivity index (χ0) is 12.4. The van der Waals surface area contributed by atoms with Crippen LogP contribution in [0.5, 0.6) is 0 Å². The number of hydrogen-bond acceptors (Lipinski definition) is 5. The third-order valence-electron chi connectivity index (χ3n) is 2.36. The van der Waals surface area contributed by atoms with Crippen molar-refractivity contribution in [1.29, 1.82) is 0 Å². The van der Waals surface area contributed by atoms with Gasteiger partial charge < -0.3 is 0 Å². The maximum atomic E-state index is 11.8. The molecule has 0 aliphatic heterocycles. The molecule has 0 atom stereocenters. The molecule has 0 aliphatic rings. The van der Waals surface area contributed by atoms with Crippen LogP contribution in [0.1, 0.15) is 5.69 Å². The van der Waals surface area contributed by atoms with Gasteiger partial charge in [0.05, 0.1) is 10.7 Å². The third-order valence-corrected chi connectivity index (χ3v) is 4.10. The molecular formula is C12H9N3OS2. The van der Waals surface area contributed by atoms with E-state index in [0.29, 0.717) is 5.75 Å². The van der Waals surface area contributed by atoms with Gasteiger partial charge in [0.1, 0.15) is 0 Å². The number of nitrogens with zero attached hydrogens (tertiary/aromatic N) is 3. The summed E-state index contributed by atoms with van der Waals surface area (Å²) < 4.78 is 1.56. The summed E-state index contributed by atoms with van der Waals surface area (Å²) in [5.41, 5.74) is 0.760. The fourth-order valence-electron chi connectivity index (χ4n) is 1.54. The number of rotatable bonds is 3. The SMILES string of the molecule is O=c1cc(CSc2ccccn2)nc2sccn12. The molecule has 3 heterocycles. The maximum Gasteiger partial charge on any atom is 0.258 e. The second kappa shape index (κ2) is 4.91. The number of pyridine rings is 1. The molecule has 0 unspecified atom stereocenters. The zero-order valence-electron chi connectivity index (χ0n) is 9.31. The Labute approximate surface area is 111 Å². The predicted molar refractivity (Wildman–Crippen MR) is 73.1 cm³/mol. The average Bonchev–Trinajstić information content (AvgIpc) is 2.86. The summed E-state index contributed by atoms with van der Waals surface area (Å²) >= 11 is 3.04. The standard InChI is InChI=1S/C12H9N3OS2/c16-11-7-9(14-12-15(11)5-6-17-12)8-18-10-3-1-2-4-13-10/h1-7H,8H2. The first-order valence-corrected chi connectivity index (χ1v) is 7.19. The van der Waals surface area contributed by atoms with E-state index in [1.54, 1.807) is 34.6 Å². The lowest BCUT2D eigenvalue weighted by Gasteiger charge is -2.00. The minimum atomic E-state index is -0.0297. The van der Waals surface area contributed by atoms with Crippen LogP contribution in [-0.2, 0) is 5.75 Å². The highest BCUT2D eigenvalue weighted by molar-refractivity contribution is 7.98. The molecule has 18 heavy (non-hydrogen) atoms. The monoisotopic (exact) mass is 275 g/mol. The molecule has 4 nitrogen and oxygen atoms in total. The van der Waals surface area contributed by atoms with Crippen molar-refractivity contribution in [3.8, 4) is 0 Å². The Morgan fingerprint density at radius 1 is 1.39 bits per heavy atom. The highest BCUT2D eigenvalue weighted by Crippen LogP contribution is 2.19. The van der Waals surface area contributed by atoms with Gasteiger partial charge in [-0.25, -0.2) is 9.97 Å². The first-order valence-electron chi connectivity index (χ1n) is 5.32. The molecule has 0 spiro atoms. The van der Waals surface area contributed by atoms with E-state index in [1.165, 1.54) is 11.3 Å². The smallest absolute Gasteiger partial charge is 0.258 e. The highest BCUT2D eigenvalue weighted by Gasteiger charge is 2.04. The lowest BCUT2D eigenvalue weighted by atomic mass is 10.4. The Kier molecular flexibility index (Phi) is 3.12. The van der Waals surface area contributed by atoms with E-state index in [2.05, 4.69) is 9.97 Å². The summed E-state index contributed by atoms with van der Waals surface area (Å²) in [5, 5.41) is 2.80. The Morgan fingerprint density at radius 2 is 2.33 bits per heavy atom. The number of thiazole rings is 1. The van der Waals surface area contributed by atoms with Crippen molar-refractivity contribution >= 4 is 28.1 Å². The Morgan fingerprint density at radius 3 is 3.17 bits per heavy atom. The van der Waals surface area contributed by atoms with Crippen LogP contribution >= 0.6 is 23.1 Å². The van der Waals surface area contributed by atoms with Gasteiger partial charge >= 0.3 is 0 Å². The van der Waals surface area contributed by atoms with E-state index in [-0.39, 0.29) is 5.56 Å². The van der Waals surface area contributed by atoms with Crippen LogP contribution in [-0.4, -0.2) is 14.4 Å². The van der Waals surface area contributed by atoms with E-state index in [1.807, 2.05) is 23.6 Å². The van der Waals surface area contributed by atoms with Gasteiger partial charge in [-0.05, 0) is 12.1 Å². The lowest BCUT2D eigenvalue weighted by molar-refractivity contribution is 1.04. The summed E-state index contributed by atoms with van der Waals surface area (Å²) in [7, 11) is 0. The van der Waals surface area contributed by atoms with E-state index in [4.69, 9.17) is 0 Å². The molecule has 0 bridgehead atoms. The number of hydrogen-bond donors (Lipinski definition) is 0. The molecule has 0 amide bonds. The van der Waals surface area contributed by atoms with Gasteiger partial charge in [0.25, 0.3) is 5.56 Å². The van der Waals surface area contributed by atoms with Gasteiger partial charge in [-0.3, -0.25) is 9.20 Å². The van der Waals surface area contributed by atoms with Crippen LogP contribution in [0.3, 0.4) is 0 Å². The van der Waals surface area contributed by atoms with Crippen LogP contribution in [0.15, 0.2) is 51.9 Å². The largest absolute Gasteiger partial charge is 0.269 e. The molecule has 3 aromatic heterocycles. The van der Waals surface area contributed by atoms with E-state index < -0.39 is 0 Å². The second-order valence-electron chi connectivity index (χ2n) is 3.60. The molecule has 0 aliphatic carbocycles. The van der Waals surface area contributed by atoms with Crippen LogP contribution in [0.4, 0.5) is 0 Å². The Balaban J connectivity index is 1.85. The number of thioether (sulfide) groups is 1. The van der Waals surface area contributed by atoms with Gasteiger partial charge in [0.2, 0.25) is 0 Å². The number of fused-ring (bicyclic) bond motifs is 1. The van der Waals surface area contributed by atoms with Gasteiger partial charge in [-0.1, -0.05) is 6.07 Å². The van der Waals surface area contributed by atoms with E-state index in [0.717, 1.165) is 15.7 Å². The summed E-state index contributed by atoms with van der Waals surface area (Å²) in [6.07, 6.45) is 3.50. The minimum absolute atomic E-state index is 0.0297. The Hall–Kier alpha value is -1.66. The van der Waals surface area contributed by atoms with Crippen molar-refractivity contribution in [2.75, 3.05) is 0 Å². The molecule has 0 radical (unpaired) electrons. The normalized spacial score (nSPS) is 10.9. The molecule has 3 rings (SSSR count). The first kappa shape index (κ1) is 11.4. The van der Waals surface area contributed by atoms with Crippen LogP contribution in [0.2, 0.25) is 0 Å². The average molecular weight is 275 g/mol. The lowest BCUT2D eigenvalue weighted by Crippen LogP contribution is -2.12. The fourth-order valence-corrected chi connectivity index (χ4v) is 3.03. The molecule has 0 saturated carbocycles. The highest BCUT2D eigenvalue weighted by atomic mass is 32.2. The third kappa shape index (κ3) is 2.30. The van der Waals surface area contributed by atoms with Crippen molar-refractivity contribution in [2.24, 2.45) is 0 Å². The van der Waals surface area contributed by atoms with Gasteiger partial charge in [-0.2, -0.15) is 0 Å². The van der Waals surface area contributed by atoms with E-state index in [9.17, 15) is 4.79 Å². The Bertz CT molecular complexity index is 721. The van der Waals surface area contributed by atoms with E-state index >= 15 is 0 Å². The molecule has 3 aromatic rings. The molecular weight excluding hydrogens is 266 g/mol. The fraction of sp³-hybridized carbons (Fsp3) is 0.0833. The van der Waals surface area contributed by atoms with Crippen molar-refractivity contribution in [3.05, 3.63) is 58.1 Å². The molecule has 0 N–H and O–H groups in total. The summed E-state index contributed by atoms with van der Waals surface area (Å²) in [6.45, 7) is 0. The molecule has 6 heteroatoms. The molecule has 0 saturated heterocycles. The van der Waals surface area contributed by atoms with Gasteiger partial charge in [0.15, 0.2) is 4.96 Å². The quantitative estimate of drug-likeness (QED) is 0.689. The molecule has 0 aromatic carbocycles. The van der Waals surface area contributed by atoms with Crippen LogP contribution in [0.25, 0.3) is 4.96 Å². The number of aromatic nitrogens is 3. The summed E-state index contributed by atoms with van der Waals surface area (Å²) in [4.78, 5) is 21.2. The van der Waals surface area contributed by atoms with Crippen molar-refractivity contribution in [1.82, 2.24) is 14.4 Å². The topological polar surface area (TPSA) is 47.3 Å². The summed E-state index contributed by atoms with van der Waals surface area (Å²) in [6, 6.07) is 7.35. The first-order chi connectivity index (χ1) is 8.83. The van der Waals surface area contributed by atoms with Gasteiger partial charge in [-0.15, -0.1) is 23.1 Å². The minimum Gasteiger partial charge on any atom is -0.269 e. The summed E-state index contributed by atoms with van der Waals surface area (Å²) in [5.74, 6) is 0.653. The van der Waals surface area contributed by atoms with Crippen molar-refractivity contribution in [3.63, 3.8) is 0 Å². The molecule has 90 valence electrons. The van der Waals surface area contributed by atoms with Crippen molar-refractivity contribution in [2.45, 2.75) is 10.8 Å². The second-order valence-corrected chi connectivity index (χ2v) is 5.47. The molecule has 0 fully saturated rings. The predicted octanol–water partition coefficient (Wildman–Crippen LogP) is 2.44. The maximum absolute atomic E-state index is 11.8. The van der Waals surface area contributed by atoms with Crippen LogP contribution in [0, 0.1) is 0 Å². The zero-order valence-corrected chi connectivity index (χ0v) is 10.9. The van der Waals surface area contributed by atoms with Gasteiger partial charge in [0, 0.05) is 29.6 Å².